The number of hydrogen-bond acceptors (Lipinski definition) is 16. The van der Waals surface area contributed by atoms with E-state index in [2.05, 4.69) is 113 Å². The number of nitrogens with zero attached hydrogens (tertiary/aromatic N) is 20. The molecule has 21 rings (SSSR count). The molecular formula is C96H70Cl3F4N21O2. The second kappa shape index (κ2) is 37.5. The molecule has 1 fully saturated rings. The molecule has 1 saturated heterocycles. The first-order valence-corrected chi connectivity index (χ1v) is 40.8. The zero-order valence-electron chi connectivity index (χ0n) is 67.1. The minimum Gasteiger partial charge on any atom is -0.351 e. The van der Waals surface area contributed by atoms with Gasteiger partial charge in [0, 0.05) is 160 Å². The molecule has 15 aromatic heterocycles. The molecule has 126 heavy (non-hydrogen) atoms. The Morgan fingerprint density at radius 2 is 0.833 bits per heavy atom. The van der Waals surface area contributed by atoms with Gasteiger partial charge in [-0.3, -0.25) is 38.9 Å². The standard InChI is InChI=1S/C26H22ClF2N5O2.C18H13FN4.C18H14N4.C17H10ClFN4.C17H11ClN4/c27-19-12-18(20(28)13-21(19)29)25-17(4-1-8-30-25)16-6-7-23-32-14-22(34(23)15-16)26(36)31-9-3-11-33-10-2-5-24(33)35;1-12-9-14(4-5-16(12)19)18-15(3-2-7-20-18)13-6-8-23-17(10-13)21-11-22-23;1-13-4-2-5-15(10-13)18-16(6-3-8-19-18)14-7-9-22-17(11-14)20-12-21-22;18-14-8-12(3-4-15(14)19)17-13(2-1-6-20-17)11-5-7-23-16(9-11)21-10-22-23;18-14-4-1-3-13(9-14)17-15(5-2-7-19-17)12-6-8-22-16(10-12)20-11-21-22/h1,4,6-8,12-15H,2-3,5,9-11H2,(H,31,36);2-11H,1H3;2-12H,1H3;1-10H;1-11H. The summed E-state index contributed by atoms with van der Waals surface area (Å²) in [7, 11) is 0. The number of rotatable bonds is 15. The first kappa shape index (κ1) is 82.8. The van der Waals surface area contributed by atoms with Crippen molar-refractivity contribution in [1.82, 2.24) is 103 Å². The fraction of sp³-hybridized carbons (Fsp3) is 0.0833. The van der Waals surface area contributed by atoms with Gasteiger partial charge in [-0.05, 0) is 206 Å². The predicted octanol–water partition coefficient (Wildman–Crippen LogP) is 20.8. The minimum atomic E-state index is -0.849. The summed E-state index contributed by atoms with van der Waals surface area (Å²) in [6.07, 6.45) is 27.6. The molecule has 1 aliphatic heterocycles. The van der Waals surface area contributed by atoms with Gasteiger partial charge >= 0.3 is 0 Å². The van der Waals surface area contributed by atoms with Crippen LogP contribution >= 0.6 is 34.8 Å². The van der Waals surface area contributed by atoms with Crippen molar-refractivity contribution in [3.05, 3.63) is 367 Å². The summed E-state index contributed by atoms with van der Waals surface area (Å²) in [5.74, 6) is -2.42. The summed E-state index contributed by atoms with van der Waals surface area (Å²) in [5.41, 5.74) is 22.8. The Labute approximate surface area is 732 Å². The maximum absolute atomic E-state index is 14.6. The molecule has 0 unspecified atom stereocenters. The lowest BCUT2D eigenvalue weighted by molar-refractivity contribution is -0.127. The van der Waals surface area contributed by atoms with E-state index in [1.54, 1.807) is 109 Å². The Morgan fingerprint density at radius 3 is 1.30 bits per heavy atom. The van der Waals surface area contributed by atoms with Gasteiger partial charge in [-0.2, -0.15) is 20.4 Å². The molecule has 0 bridgehead atoms. The van der Waals surface area contributed by atoms with Gasteiger partial charge in [0.2, 0.25) is 5.91 Å². The number of pyridine rings is 10. The lowest BCUT2D eigenvalue weighted by Crippen LogP contribution is -2.31. The second-order valence-electron chi connectivity index (χ2n) is 29.0. The summed E-state index contributed by atoms with van der Waals surface area (Å²) in [6, 6.07) is 66.3. The van der Waals surface area contributed by atoms with Crippen molar-refractivity contribution in [2.45, 2.75) is 33.1 Å². The highest BCUT2D eigenvalue weighted by atomic mass is 35.5. The molecule has 5 aromatic carbocycles. The number of carbonyl (C=O) groups excluding carboxylic acids is 2. The van der Waals surface area contributed by atoms with E-state index in [-0.39, 0.29) is 33.2 Å². The topological polar surface area (TPSA) is 252 Å². The highest BCUT2D eigenvalue weighted by molar-refractivity contribution is 6.31. The summed E-state index contributed by atoms with van der Waals surface area (Å²) >= 11 is 17.9. The first-order chi connectivity index (χ1) is 61.5. The first-order valence-electron chi connectivity index (χ1n) is 39.7. The van der Waals surface area contributed by atoms with Crippen molar-refractivity contribution >= 4 is 74.9 Å². The van der Waals surface area contributed by atoms with Crippen LogP contribution in [0.3, 0.4) is 0 Å². The maximum Gasteiger partial charge on any atom is 0.269 e. The highest BCUT2D eigenvalue weighted by Crippen LogP contribution is 2.39. The molecule has 16 heterocycles. The number of amides is 2. The van der Waals surface area contributed by atoms with Crippen LogP contribution in [0.2, 0.25) is 15.1 Å². The number of hydrogen-bond donors (Lipinski definition) is 1. The van der Waals surface area contributed by atoms with Crippen LogP contribution in [0.15, 0.2) is 312 Å². The molecule has 30 heteroatoms. The molecule has 2 amide bonds. The fourth-order valence-electron chi connectivity index (χ4n) is 14.6. The zero-order valence-corrected chi connectivity index (χ0v) is 69.4. The minimum absolute atomic E-state index is 0.0668. The molecule has 0 aliphatic carbocycles. The molecule has 1 N–H and O–H groups in total. The van der Waals surface area contributed by atoms with E-state index in [0.717, 1.165) is 131 Å². The number of aromatic nitrogens is 19. The van der Waals surface area contributed by atoms with Gasteiger partial charge in [0.15, 0.2) is 22.6 Å². The van der Waals surface area contributed by atoms with Gasteiger partial charge in [0.1, 0.15) is 59.9 Å². The van der Waals surface area contributed by atoms with E-state index < -0.39 is 17.5 Å². The molecule has 620 valence electrons. The lowest BCUT2D eigenvalue weighted by Gasteiger charge is -2.15. The molecular weight excluding hydrogens is 1660 g/mol. The van der Waals surface area contributed by atoms with Crippen LogP contribution in [-0.2, 0) is 4.79 Å². The van der Waals surface area contributed by atoms with Gasteiger partial charge in [-0.1, -0.05) is 101 Å². The normalized spacial score (nSPS) is 11.7. The number of halogens is 7. The highest BCUT2D eigenvalue weighted by Gasteiger charge is 2.23. The molecule has 0 radical (unpaired) electrons. The third-order valence-corrected chi connectivity index (χ3v) is 21.6. The van der Waals surface area contributed by atoms with Gasteiger partial charge in [-0.25, -0.2) is 60.5 Å². The van der Waals surface area contributed by atoms with E-state index in [0.29, 0.717) is 64.7 Å². The van der Waals surface area contributed by atoms with Crippen molar-refractivity contribution < 1.29 is 27.2 Å². The zero-order chi connectivity index (χ0) is 86.7. The van der Waals surface area contributed by atoms with Crippen LogP contribution < -0.4 is 5.32 Å². The Balaban J connectivity index is 0.000000113. The monoisotopic (exact) mass is 1730 g/mol. The van der Waals surface area contributed by atoms with E-state index >= 15 is 0 Å². The summed E-state index contributed by atoms with van der Waals surface area (Å²) in [4.78, 5) is 70.0. The van der Waals surface area contributed by atoms with E-state index in [9.17, 15) is 27.2 Å². The van der Waals surface area contributed by atoms with Gasteiger partial charge < -0.3 is 10.2 Å². The quantitative estimate of drug-likeness (QED) is 0.0569. The van der Waals surface area contributed by atoms with Crippen LogP contribution in [0.25, 0.3) is 140 Å². The van der Waals surface area contributed by atoms with Crippen molar-refractivity contribution in [2.75, 3.05) is 19.6 Å². The third-order valence-electron chi connectivity index (χ3n) is 20.8. The van der Waals surface area contributed by atoms with Gasteiger partial charge in [0.05, 0.1) is 44.7 Å². The number of benzene rings is 5. The Hall–Kier alpha value is -15.5. The average molecular weight is 1730 g/mol. The van der Waals surface area contributed by atoms with Crippen molar-refractivity contribution in [1.29, 1.82) is 0 Å². The predicted molar refractivity (Wildman–Crippen MR) is 478 cm³/mol. The smallest absolute Gasteiger partial charge is 0.269 e. The van der Waals surface area contributed by atoms with Gasteiger partial charge in [-0.15, -0.1) is 0 Å². The summed E-state index contributed by atoms with van der Waals surface area (Å²) < 4.78 is 63.8. The van der Waals surface area contributed by atoms with Crippen molar-refractivity contribution in [3.8, 4) is 112 Å². The Kier molecular flexibility index (Phi) is 24.7. The molecule has 0 spiro atoms. The van der Waals surface area contributed by atoms with Crippen molar-refractivity contribution in [2.24, 2.45) is 0 Å². The number of carbonyl (C=O) groups is 2. The van der Waals surface area contributed by atoms with Crippen LogP contribution in [0.4, 0.5) is 17.6 Å². The number of aryl methyl sites for hydroxylation is 2. The van der Waals surface area contributed by atoms with Gasteiger partial charge in [0.25, 0.3) is 5.91 Å². The maximum atomic E-state index is 14.6. The van der Waals surface area contributed by atoms with E-state index in [1.165, 1.54) is 48.8 Å². The molecule has 23 nitrogen and oxygen atoms in total. The van der Waals surface area contributed by atoms with E-state index in [1.807, 2.05) is 157 Å². The molecule has 0 atom stereocenters. The Bertz CT molecular complexity index is 7100. The largest absolute Gasteiger partial charge is 0.351 e. The molecule has 1 aliphatic rings. The lowest BCUT2D eigenvalue weighted by atomic mass is 9.99. The van der Waals surface area contributed by atoms with Crippen LogP contribution in [0.1, 0.15) is 40.9 Å². The summed E-state index contributed by atoms with van der Waals surface area (Å²) in [5, 5.41) is 19.9. The summed E-state index contributed by atoms with van der Waals surface area (Å²) in [6.45, 7) is 5.66. The fourth-order valence-corrected chi connectivity index (χ4v) is 15.2. The van der Waals surface area contributed by atoms with Crippen LogP contribution in [0.5, 0.6) is 0 Å². The third kappa shape index (κ3) is 18.5. The SMILES string of the molecule is Cc1cc(-c2ncccc2-c2ccn3ncnc3c2)ccc1F.Cc1cccc(-c2ncccc2-c2ccn3ncnc3c2)c1.Clc1cccc(-c2ncccc2-c2ccn3ncnc3c2)c1.Fc1ccc(-c2ncccc2-c2ccn3ncnc3c2)cc1Cl.O=C(NCCCN1CCCC1=O)c1cnc2ccc(-c3cccnc3-c3cc(Cl)c(F)cc3F)cn12. The number of imidazole rings is 1. The molecule has 0 saturated carbocycles. The number of likely N-dealkylation sites (tertiary alicyclic amines) is 1. The van der Waals surface area contributed by atoms with Crippen LogP contribution in [0, 0.1) is 37.1 Å². The number of nitrogens with one attached hydrogen (secondary N) is 1. The molecule has 20 aromatic rings. The second-order valence-corrected chi connectivity index (χ2v) is 30.3. The van der Waals surface area contributed by atoms with Crippen LogP contribution in [-0.4, -0.2) is 129 Å². The number of fused-ring (bicyclic) bond motifs is 5. The average Bonchev–Trinajstić information content (AvgIpc) is 1.46. The van der Waals surface area contributed by atoms with Crippen molar-refractivity contribution in [3.63, 3.8) is 0 Å². The van der Waals surface area contributed by atoms with E-state index in [4.69, 9.17) is 34.8 Å². The Morgan fingerprint density at radius 1 is 0.389 bits per heavy atom.